The molecule has 4 nitrogen and oxygen atoms in total. The molecule has 21 heavy (non-hydrogen) atoms. The number of rotatable bonds is 4. The average molecular weight is 289 g/mol. The molecule has 1 heterocycles. The number of nitrogens with zero attached hydrogens (tertiary/aromatic N) is 1. The first-order valence-electron chi connectivity index (χ1n) is 7.74. The van der Waals surface area contributed by atoms with Crippen LogP contribution in [-0.4, -0.2) is 29.9 Å². The van der Waals surface area contributed by atoms with Crippen molar-refractivity contribution in [3.63, 3.8) is 0 Å². The Bertz CT molecular complexity index is 487. The minimum absolute atomic E-state index is 0.114. The summed E-state index contributed by atoms with van der Waals surface area (Å²) in [7, 11) is 0. The maximum atomic E-state index is 12.3. The second kappa shape index (κ2) is 6.58. The maximum Gasteiger partial charge on any atom is 0.241 e. The monoisotopic (exact) mass is 289 g/mol. The summed E-state index contributed by atoms with van der Waals surface area (Å²) in [6.07, 6.45) is 2.53. The quantitative estimate of drug-likeness (QED) is 0.895. The highest BCUT2D eigenvalue weighted by Crippen LogP contribution is 2.22. The van der Waals surface area contributed by atoms with Crippen LogP contribution in [0, 0.1) is 5.41 Å². The molecule has 1 atom stereocenters. The van der Waals surface area contributed by atoms with Crippen LogP contribution in [0.5, 0.6) is 0 Å². The number of likely N-dealkylation sites (tertiary alicyclic amines) is 1. The number of nitrogens with two attached hydrogens (primary N) is 1. The minimum atomic E-state index is -0.516. The first-order valence-corrected chi connectivity index (χ1v) is 7.74. The lowest BCUT2D eigenvalue weighted by molar-refractivity contribution is -0.119. The van der Waals surface area contributed by atoms with Crippen LogP contribution in [-0.2, 0) is 11.3 Å². The van der Waals surface area contributed by atoms with Crippen LogP contribution < -0.4 is 11.1 Å². The number of anilines is 1. The predicted octanol–water partition coefficient (Wildman–Crippen LogP) is 2.59. The molecule has 1 aliphatic rings. The van der Waals surface area contributed by atoms with E-state index in [9.17, 15) is 4.79 Å². The summed E-state index contributed by atoms with van der Waals surface area (Å²) in [5.74, 6) is -0.114. The summed E-state index contributed by atoms with van der Waals surface area (Å²) in [6.45, 7) is 9.11. The highest BCUT2D eigenvalue weighted by Gasteiger charge is 2.27. The zero-order valence-corrected chi connectivity index (χ0v) is 13.4. The molecule has 2 rings (SSSR count). The number of amides is 1. The van der Waals surface area contributed by atoms with E-state index in [2.05, 4.69) is 16.3 Å². The minimum Gasteiger partial charge on any atom is -0.324 e. The van der Waals surface area contributed by atoms with Gasteiger partial charge < -0.3 is 11.1 Å². The molecular weight excluding hydrogens is 262 g/mol. The Morgan fingerprint density at radius 1 is 1.29 bits per heavy atom. The summed E-state index contributed by atoms with van der Waals surface area (Å²) in [6, 6.07) is 7.49. The molecule has 1 aliphatic heterocycles. The third-order valence-corrected chi connectivity index (χ3v) is 4.08. The summed E-state index contributed by atoms with van der Waals surface area (Å²) in [4.78, 5) is 14.7. The standard InChI is InChI=1S/C17H27N3O/c1-17(2,3)15(18)16(21)19-14-9-5-4-8-13(14)12-20-10-6-7-11-20/h4-5,8-9,15H,6-7,10-12,18H2,1-3H3,(H,19,21). The van der Waals surface area contributed by atoms with Crippen molar-refractivity contribution in [1.82, 2.24) is 4.90 Å². The highest BCUT2D eigenvalue weighted by atomic mass is 16.2. The Balaban J connectivity index is 2.07. The van der Waals surface area contributed by atoms with Gasteiger partial charge in [-0.05, 0) is 43.0 Å². The van der Waals surface area contributed by atoms with Crippen molar-refractivity contribution >= 4 is 11.6 Å². The van der Waals surface area contributed by atoms with E-state index in [1.54, 1.807) is 0 Å². The van der Waals surface area contributed by atoms with Crippen LogP contribution in [0.4, 0.5) is 5.69 Å². The van der Waals surface area contributed by atoms with Crippen molar-refractivity contribution < 1.29 is 4.79 Å². The lowest BCUT2D eigenvalue weighted by Gasteiger charge is -2.26. The van der Waals surface area contributed by atoms with Crippen LogP contribution in [0.1, 0.15) is 39.2 Å². The van der Waals surface area contributed by atoms with Gasteiger partial charge in [-0.3, -0.25) is 9.69 Å². The van der Waals surface area contributed by atoms with Crippen molar-refractivity contribution in [2.24, 2.45) is 11.1 Å². The topological polar surface area (TPSA) is 58.4 Å². The van der Waals surface area contributed by atoms with Gasteiger partial charge in [0.2, 0.25) is 5.91 Å². The number of para-hydroxylation sites is 1. The Morgan fingerprint density at radius 2 is 1.90 bits per heavy atom. The summed E-state index contributed by atoms with van der Waals surface area (Å²) >= 11 is 0. The smallest absolute Gasteiger partial charge is 0.241 e. The van der Waals surface area contributed by atoms with E-state index in [1.165, 1.54) is 12.8 Å². The summed E-state index contributed by atoms with van der Waals surface area (Å²) in [5.41, 5.74) is 7.84. The van der Waals surface area contributed by atoms with Crippen LogP contribution in [0.3, 0.4) is 0 Å². The van der Waals surface area contributed by atoms with Gasteiger partial charge in [-0.15, -0.1) is 0 Å². The normalized spacial score (nSPS) is 17.7. The SMILES string of the molecule is CC(C)(C)C(N)C(=O)Nc1ccccc1CN1CCCC1. The first-order chi connectivity index (χ1) is 9.88. The molecule has 0 radical (unpaired) electrons. The van der Waals surface area contributed by atoms with E-state index < -0.39 is 6.04 Å². The molecule has 0 aliphatic carbocycles. The third-order valence-electron chi connectivity index (χ3n) is 4.08. The maximum absolute atomic E-state index is 12.3. The molecule has 0 saturated carbocycles. The molecule has 1 saturated heterocycles. The Labute approximate surface area is 127 Å². The number of benzene rings is 1. The third kappa shape index (κ3) is 4.29. The van der Waals surface area contributed by atoms with Gasteiger partial charge in [0.15, 0.2) is 0 Å². The van der Waals surface area contributed by atoms with Crippen LogP contribution in [0.2, 0.25) is 0 Å². The second-order valence-electron chi connectivity index (χ2n) is 6.97. The summed E-state index contributed by atoms with van der Waals surface area (Å²) in [5, 5.41) is 3.00. The van der Waals surface area contributed by atoms with Crippen LogP contribution in [0.25, 0.3) is 0 Å². The molecule has 116 valence electrons. The number of hydrogen-bond acceptors (Lipinski definition) is 3. The summed E-state index contributed by atoms with van der Waals surface area (Å²) < 4.78 is 0. The number of nitrogens with one attached hydrogen (secondary N) is 1. The molecule has 4 heteroatoms. The van der Waals surface area contributed by atoms with E-state index in [0.717, 1.165) is 30.9 Å². The van der Waals surface area contributed by atoms with Gasteiger partial charge in [0.05, 0.1) is 6.04 Å². The average Bonchev–Trinajstić information content (AvgIpc) is 2.92. The van der Waals surface area contributed by atoms with E-state index in [1.807, 2.05) is 39.0 Å². The number of carbonyl (C=O) groups is 1. The van der Waals surface area contributed by atoms with Crippen LogP contribution >= 0.6 is 0 Å². The zero-order valence-electron chi connectivity index (χ0n) is 13.4. The first kappa shape index (κ1) is 16.0. The molecule has 1 aromatic carbocycles. The van der Waals surface area contributed by atoms with Crippen molar-refractivity contribution in [3.8, 4) is 0 Å². The molecule has 1 aromatic rings. The van der Waals surface area contributed by atoms with Crippen LogP contribution in [0.15, 0.2) is 24.3 Å². The van der Waals surface area contributed by atoms with Gasteiger partial charge in [0.25, 0.3) is 0 Å². The fourth-order valence-corrected chi connectivity index (χ4v) is 2.57. The molecular formula is C17H27N3O. The van der Waals surface area contributed by atoms with Crippen molar-refractivity contribution in [1.29, 1.82) is 0 Å². The Hall–Kier alpha value is -1.39. The lowest BCUT2D eigenvalue weighted by Crippen LogP contribution is -2.45. The number of carbonyl (C=O) groups excluding carboxylic acids is 1. The lowest BCUT2D eigenvalue weighted by atomic mass is 9.87. The van der Waals surface area contributed by atoms with Crippen molar-refractivity contribution in [3.05, 3.63) is 29.8 Å². The molecule has 3 N–H and O–H groups in total. The second-order valence-corrected chi connectivity index (χ2v) is 6.97. The fraction of sp³-hybridized carbons (Fsp3) is 0.588. The zero-order chi connectivity index (χ0) is 15.5. The van der Waals surface area contributed by atoms with E-state index in [-0.39, 0.29) is 11.3 Å². The van der Waals surface area contributed by atoms with E-state index >= 15 is 0 Å². The highest BCUT2D eigenvalue weighted by molar-refractivity contribution is 5.95. The van der Waals surface area contributed by atoms with Gasteiger partial charge in [0.1, 0.15) is 0 Å². The fourth-order valence-electron chi connectivity index (χ4n) is 2.57. The number of hydrogen-bond donors (Lipinski definition) is 2. The molecule has 0 spiro atoms. The molecule has 1 amide bonds. The predicted molar refractivity (Wildman–Crippen MR) is 87.0 cm³/mol. The van der Waals surface area contributed by atoms with Gasteiger partial charge in [-0.1, -0.05) is 39.0 Å². The molecule has 0 bridgehead atoms. The van der Waals surface area contributed by atoms with E-state index in [4.69, 9.17) is 5.73 Å². The van der Waals surface area contributed by atoms with Crippen molar-refractivity contribution in [2.75, 3.05) is 18.4 Å². The molecule has 1 fully saturated rings. The van der Waals surface area contributed by atoms with Gasteiger partial charge in [-0.25, -0.2) is 0 Å². The Morgan fingerprint density at radius 3 is 2.52 bits per heavy atom. The van der Waals surface area contributed by atoms with Gasteiger partial charge in [0, 0.05) is 12.2 Å². The van der Waals surface area contributed by atoms with Gasteiger partial charge in [-0.2, -0.15) is 0 Å². The Kier molecular flexibility index (Phi) is 5.01. The molecule has 1 unspecified atom stereocenters. The van der Waals surface area contributed by atoms with E-state index in [0.29, 0.717) is 0 Å². The van der Waals surface area contributed by atoms with Crippen molar-refractivity contribution in [2.45, 2.75) is 46.2 Å². The molecule has 0 aromatic heterocycles. The largest absolute Gasteiger partial charge is 0.324 e. The van der Waals surface area contributed by atoms with Gasteiger partial charge >= 0.3 is 0 Å².